The van der Waals surface area contributed by atoms with E-state index in [0.29, 0.717) is 11.6 Å². The Morgan fingerprint density at radius 3 is 3.05 bits per heavy atom. The summed E-state index contributed by atoms with van der Waals surface area (Å²) in [6.07, 6.45) is 4.43. The summed E-state index contributed by atoms with van der Waals surface area (Å²) in [5, 5.41) is 1.02. The molecule has 3 nitrogen and oxygen atoms in total. The van der Waals surface area contributed by atoms with Crippen LogP contribution in [0, 0.1) is 0 Å². The van der Waals surface area contributed by atoms with Crippen LogP contribution in [0.2, 0.25) is 0 Å². The van der Waals surface area contributed by atoms with Gasteiger partial charge in [0.25, 0.3) is 0 Å². The lowest BCUT2D eigenvalue weighted by Gasteiger charge is -2.19. The van der Waals surface area contributed by atoms with E-state index in [4.69, 9.17) is 4.42 Å². The highest BCUT2D eigenvalue weighted by Crippen LogP contribution is 2.22. The topological polar surface area (TPSA) is 33.5 Å². The van der Waals surface area contributed by atoms with Gasteiger partial charge in [-0.2, -0.15) is 0 Å². The Hall–Kier alpha value is -1.61. The van der Waals surface area contributed by atoms with E-state index in [0.717, 1.165) is 36.0 Å². The fourth-order valence-corrected chi connectivity index (χ4v) is 2.89. The number of benzene rings is 1. The molecule has 1 aliphatic rings. The van der Waals surface area contributed by atoms with E-state index in [1.807, 2.05) is 12.1 Å². The van der Waals surface area contributed by atoms with Gasteiger partial charge in [-0.25, -0.2) is 0 Å². The number of carbonyl (C=O) groups is 1. The van der Waals surface area contributed by atoms with Crippen LogP contribution in [0.15, 0.2) is 28.7 Å². The number of fused-ring (bicyclic) bond motifs is 1. The van der Waals surface area contributed by atoms with Crippen molar-refractivity contribution in [2.24, 2.45) is 0 Å². The number of likely N-dealkylation sites (tertiary alicyclic amines) is 1. The lowest BCUT2D eigenvalue weighted by molar-refractivity contribution is 0.112. The molecule has 0 saturated carbocycles. The Labute approximate surface area is 113 Å². The molecule has 19 heavy (non-hydrogen) atoms. The Kier molecular flexibility index (Phi) is 3.38. The highest BCUT2D eigenvalue weighted by molar-refractivity contribution is 5.86. The minimum absolute atomic E-state index is 0.700. The number of rotatable bonds is 4. The van der Waals surface area contributed by atoms with E-state index in [-0.39, 0.29) is 0 Å². The number of carbonyl (C=O) groups excluding carboxylic acids is 1. The molecule has 100 valence electrons. The molecule has 0 radical (unpaired) electrons. The Morgan fingerprint density at radius 1 is 1.42 bits per heavy atom. The summed E-state index contributed by atoms with van der Waals surface area (Å²) < 4.78 is 5.82. The average Bonchev–Trinajstić information content (AvgIpc) is 3.01. The molecule has 0 bridgehead atoms. The first-order valence-corrected chi connectivity index (χ1v) is 6.98. The zero-order valence-electron chi connectivity index (χ0n) is 11.3. The van der Waals surface area contributed by atoms with Crippen molar-refractivity contribution < 1.29 is 9.21 Å². The quantitative estimate of drug-likeness (QED) is 0.788. The smallest absolute Gasteiger partial charge is 0.150 e. The van der Waals surface area contributed by atoms with Gasteiger partial charge in [-0.15, -0.1) is 0 Å². The zero-order valence-corrected chi connectivity index (χ0v) is 11.3. The molecular weight excluding hydrogens is 238 g/mol. The molecule has 1 fully saturated rings. The summed E-state index contributed by atoms with van der Waals surface area (Å²) in [6.45, 7) is 4.56. The zero-order chi connectivity index (χ0) is 13.2. The second kappa shape index (κ2) is 5.17. The molecule has 2 heterocycles. The van der Waals surface area contributed by atoms with Crippen LogP contribution in [0.25, 0.3) is 11.0 Å². The second-order valence-corrected chi connectivity index (χ2v) is 5.41. The maximum Gasteiger partial charge on any atom is 0.150 e. The van der Waals surface area contributed by atoms with Crippen LogP contribution in [-0.2, 0) is 6.42 Å². The summed E-state index contributed by atoms with van der Waals surface area (Å²) >= 11 is 0. The predicted molar refractivity (Wildman–Crippen MR) is 75.6 cm³/mol. The molecule has 1 saturated heterocycles. The first-order valence-electron chi connectivity index (χ1n) is 6.98. The van der Waals surface area contributed by atoms with Crippen molar-refractivity contribution in [2.75, 3.05) is 13.1 Å². The highest BCUT2D eigenvalue weighted by Gasteiger charge is 2.19. The Morgan fingerprint density at radius 2 is 2.32 bits per heavy atom. The minimum atomic E-state index is 0.700. The van der Waals surface area contributed by atoms with E-state index in [1.165, 1.54) is 19.4 Å². The van der Waals surface area contributed by atoms with Crippen LogP contribution >= 0.6 is 0 Å². The monoisotopic (exact) mass is 257 g/mol. The third-order valence-electron chi connectivity index (χ3n) is 4.06. The van der Waals surface area contributed by atoms with Gasteiger partial charge in [0.1, 0.15) is 17.6 Å². The molecule has 3 rings (SSSR count). The first-order chi connectivity index (χ1) is 9.26. The number of nitrogens with zero attached hydrogens (tertiary/aromatic N) is 1. The van der Waals surface area contributed by atoms with Gasteiger partial charge in [0.2, 0.25) is 0 Å². The maximum atomic E-state index is 10.8. The third kappa shape index (κ3) is 2.56. The number of hydrogen-bond acceptors (Lipinski definition) is 3. The highest BCUT2D eigenvalue weighted by atomic mass is 16.3. The van der Waals surface area contributed by atoms with Crippen molar-refractivity contribution in [3.63, 3.8) is 0 Å². The van der Waals surface area contributed by atoms with E-state index >= 15 is 0 Å². The SMILES string of the molecule is C[C@@H]1CCCN1CCc1cc2cc(C=O)ccc2o1. The van der Waals surface area contributed by atoms with Crippen molar-refractivity contribution in [3.05, 3.63) is 35.6 Å². The lowest BCUT2D eigenvalue weighted by atomic mass is 10.1. The van der Waals surface area contributed by atoms with Crippen molar-refractivity contribution in [2.45, 2.75) is 32.2 Å². The summed E-state index contributed by atoms with van der Waals surface area (Å²) in [5.74, 6) is 1.01. The van der Waals surface area contributed by atoms with Gasteiger partial charge in [-0.1, -0.05) is 0 Å². The molecule has 0 spiro atoms. The van der Waals surface area contributed by atoms with Crippen molar-refractivity contribution in [1.29, 1.82) is 0 Å². The molecule has 1 aliphatic heterocycles. The van der Waals surface area contributed by atoms with Crippen LogP contribution in [0.3, 0.4) is 0 Å². The Bertz CT molecular complexity index is 587. The molecule has 0 amide bonds. The molecular formula is C16H19NO2. The minimum Gasteiger partial charge on any atom is -0.461 e. The van der Waals surface area contributed by atoms with Crippen molar-refractivity contribution >= 4 is 17.3 Å². The average molecular weight is 257 g/mol. The molecule has 1 aromatic carbocycles. The predicted octanol–water partition coefficient (Wildman–Crippen LogP) is 3.27. The molecule has 0 N–H and O–H groups in total. The Balaban J connectivity index is 1.72. The number of hydrogen-bond donors (Lipinski definition) is 0. The molecule has 0 aliphatic carbocycles. The van der Waals surface area contributed by atoms with E-state index in [2.05, 4.69) is 17.9 Å². The fourth-order valence-electron chi connectivity index (χ4n) is 2.89. The summed E-state index contributed by atoms with van der Waals surface area (Å²) in [4.78, 5) is 13.3. The van der Waals surface area contributed by atoms with Gasteiger partial charge in [-0.05, 0) is 50.6 Å². The van der Waals surface area contributed by atoms with Crippen LogP contribution in [0.4, 0.5) is 0 Å². The van der Waals surface area contributed by atoms with Gasteiger partial charge in [0, 0.05) is 30.0 Å². The van der Waals surface area contributed by atoms with Gasteiger partial charge in [0.15, 0.2) is 0 Å². The molecule has 2 aromatic rings. The van der Waals surface area contributed by atoms with Crippen molar-refractivity contribution in [3.8, 4) is 0 Å². The van der Waals surface area contributed by atoms with Crippen LogP contribution in [0.1, 0.15) is 35.9 Å². The van der Waals surface area contributed by atoms with Gasteiger partial charge in [-0.3, -0.25) is 4.79 Å². The third-order valence-corrected chi connectivity index (χ3v) is 4.06. The first kappa shape index (κ1) is 12.4. The van der Waals surface area contributed by atoms with Crippen LogP contribution < -0.4 is 0 Å². The van der Waals surface area contributed by atoms with Gasteiger partial charge < -0.3 is 9.32 Å². The van der Waals surface area contributed by atoms with Gasteiger partial charge >= 0.3 is 0 Å². The fraction of sp³-hybridized carbons (Fsp3) is 0.438. The normalized spacial score (nSPS) is 20.2. The number of aldehydes is 1. The molecule has 3 heteroatoms. The van der Waals surface area contributed by atoms with E-state index < -0.39 is 0 Å². The summed E-state index contributed by atoms with van der Waals surface area (Å²) in [6, 6.07) is 8.31. The van der Waals surface area contributed by atoms with E-state index in [9.17, 15) is 4.79 Å². The summed E-state index contributed by atoms with van der Waals surface area (Å²) in [5.41, 5.74) is 1.57. The second-order valence-electron chi connectivity index (χ2n) is 5.41. The standard InChI is InChI=1S/C16H19NO2/c1-12-3-2-7-17(12)8-6-15-10-14-9-13(11-18)4-5-16(14)19-15/h4-5,9-12H,2-3,6-8H2,1H3/t12-/m1/s1. The molecule has 0 unspecified atom stereocenters. The maximum absolute atomic E-state index is 10.8. The number of furan rings is 1. The molecule has 1 atom stereocenters. The largest absolute Gasteiger partial charge is 0.461 e. The van der Waals surface area contributed by atoms with Crippen LogP contribution in [-0.4, -0.2) is 30.3 Å². The van der Waals surface area contributed by atoms with E-state index in [1.54, 1.807) is 6.07 Å². The summed E-state index contributed by atoms with van der Waals surface area (Å²) in [7, 11) is 0. The molecule has 1 aromatic heterocycles. The van der Waals surface area contributed by atoms with Gasteiger partial charge in [0.05, 0.1) is 0 Å². The lowest BCUT2D eigenvalue weighted by Crippen LogP contribution is -2.28. The van der Waals surface area contributed by atoms with Crippen molar-refractivity contribution in [1.82, 2.24) is 4.90 Å². The van der Waals surface area contributed by atoms with Crippen LogP contribution in [0.5, 0.6) is 0 Å².